The second-order valence-corrected chi connectivity index (χ2v) is 12.4. The van der Waals surface area contributed by atoms with Crippen LogP contribution in [0.2, 0.25) is 0 Å². The second kappa shape index (κ2) is 11.4. The lowest BCUT2D eigenvalue weighted by molar-refractivity contribution is 0.669. The SMILES string of the molecule is c1ccc(-c2ccc3c(c2)oc2cccc(-n4c5ccccc5c5cccc(-c6nc(-c7ccccc7)nc(-c7ccccc7)n6)c54)c23)cc1. The molecule has 50 heavy (non-hydrogen) atoms. The van der Waals surface area contributed by atoms with E-state index < -0.39 is 0 Å². The number of furan rings is 1. The molecule has 0 bridgehead atoms. The zero-order valence-corrected chi connectivity index (χ0v) is 26.9. The number of benzene rings is 7. The van der Waals surface area contributed by atoms with Crippen LogP contribution in [0.5, 0.6) is 0 Å². The first-order valence-electron chi connectivity index (χ1n) is 16.7. The molecular formula is C45H28N4O. The highest BCUT2D eigenvalue weighted by atomic mass is 16.3. The van der Waals surface area contributed by atoms with Crippen molar-refractivity contribution in [3.05, 3.63) is 170 Å². The van der Waals surface area contributed by atoms with Crippen molar-refractivity contribution < 1.29 is 4.42 Å². The first-order chi connectivity index (χ1) is 24.8. The molecule has 10 aromatic rings. The van der Waals surface area contributed by atoms with Crippen molar-refractivity contribution in [1.82, 2.24) is 19.5 Å². The normalized spacial score (nSPS) is 11.6. The molecule has 0 saturated carbocycles. The van der Waals surface area contributed by atoms with Crippen LogP contribution >= 0.6 is 0 Å². The van der Waals surface area contributed by atoms with Gasteiger partial charge in [-0.05, 0) is 47.5 Å². The monoisotopic (exact) mass is 640 g/mol. The van der Waals surface area contributed by atoms with Crippen LogP contribution in [0.15, 0.2) is 174 Å². The summed E-state index contributed by atoms with van der Waals surface area (Å²) < 4.78 is 8.93. The van der Waals surface area contributed by atoms with Crippen molar-refractivity contribution in [2.75, 3.05) is 0 Å². The van der Waals surface area contributed by atoms with E-state index in [0.717, 1.165) is 77.2 Å². The Hall–Kier alpha value is -6.85. The highest BCUT2D eigenvalue weighted by Crippen LogP contribution is 2.42. The predicted molar refractivity (Wildman–Crippen MR) is 203 cm³/mol. The molecule has 7 aromatic carbocycles. The lowest BCUT2D eigenvalue weighted by Crippen LogP contribution is -2.02. The molecule has 0 amide bonds. The van der Waals surface area contributed by atoms with Crippen LogP contribution in [0, 0.1) is 0 Å². The molecular weight excluding hydrogens is 613 g/mol. The van der Waals surface area contributed by atoms with Gasteiger partial charge in [0.25, 0.3) is 0 Å². The third-order valence-corrected chi connectivity index (χ3v) is 9.46. The molecule has 0 aliphatic heterocycles. The van der Waals surface area contributed by atoms with E-state index in [1.807, 2.05) is 66.7 Å². The molecule has 0 radical (unpaired) electrons. The van der Waals surface area contributed by atoms with Gasteiger partial charge in [0.05, 0.1) is 22.1 Å². The number of hydrogen-bond acceptors (Lipinski definition) is 4. The maximum Gasteiger partial charge on any atom is 0.166 e. The van der Waals surface area contributed by atoms with E-state index in [0.29, 0.717) is 17.5 Å². The molecule has 0 atom stereocenters. The maximum absolute atomic E-state index is 6.58. The van der Waals surface area contributed by atoms with Gasteiger partial charge in [0.2, 0.25) is 0 Å². The average Bonchev–Trinajstić information content (AvgIpc) is 3.74. The van der Waals surface area contributed by atoms with Crippen LogP contribution in [0.3, 0.4) is 0 Å². The van der Waals surface area contributed by atoms with E-state index >= 15 is 0 Å². The minimum absolute atomic E-state index is 0.615. The van der Waals surface area contributed by atoms with E-state index in [2.05, 4.69) is 108 Å². The van der Waals surface area contributed by atoms with Crippen LogP contribution in [-0.4, -0.2) is 19.5 Å². The molecule has 10 rings (SSSR count). The summed E-state index contributed by atoms with van der Waals surface area (Å²) in [6, 6.07) is 58.5. The second-order valence-electron chi connectivity index (χ2n) is 12.4. The van der Waals surface area contributed by atoms with Gasteiger partial charge in [-0.1, -0.05) is 133 Å². The predicted octanol–water partition coefficient (Wildman–Crippen LogP) is 11.5. The Labute approximate surface area is 287 Å². The smallest absolute Gasteiger partial charge is 0.166 e. The Balaban J connectivity index is 1.27. The molecule has 0 fully saturated rings. The number of hydrogen-bond donors (Lipinski definition) is 0. The Morgan fingerprint density at radius 3 is 1.72 bits per heavy atom. The zero-order valence-electron chi connectivity index (χ0n) is 26.9. The number of nitrogens with zero attached hydrogens (tertiary/aromatic N) is 4. The fourth-order valence-electron chi connectivity index (χ4n) is 7.18. The van der Waals surface area contributed by atoms with Crippen LogP contribution < -0.4 is 0 Å². The molecule has 0 aliphatic rings. The van der Waals surface area contributed by atoms with Crippen LogP contribution in [0.25, 0.3) is 94.7 Å². The van der Waals surface area contributed by atoms with Crippen molar-refractivity contribution in [3.63, 3.8) is 0 Å². The molecule has 0 saturated heterocycles. The van der Waals surface area contributed by atoms with Crippen molar-refractivity contribution in [2.45, 2.75) is 0 Å². The molecule has 234 valence electrons. The summed E-state index contributed by atoms with van der Waals surface area (Å²) in [5.41, 5.74) is 9.92. The summed E-state index contributed by atoms with van der Waals surface area (Å²) in [7, 11) is 0. The van der Waals surface area contributed by atoms with Crippen LogP contribution in [0.1, 0.15) is 0 Å². The van der Waals surface area contributed by atoms with Gasteiger partial charge in [-0.3, -0.25) is 0 Å². The fourth-order valence-corrected chi connectivity index (χ4v) is 7.18. The van der Waals surface area contributed by atoms with Gasteiger partial charge < -0.3 is 8.98 Å². The zero-order chi connectivity index (χ0) is 33.0. The fraction of sp³-hybridized carbons (Fsp3) is 0. The quantitative estimate of drug-likeness (QED) is 0.188. The highest BCUT2D eigenvalue weighted by molar-refractivity contribution is 6.17. The van der Waals surface area contributed by atoms with E-state index in [1.54, 1.807) is 0 Å². The molecule has 0 N–H and O–H groups in total. The van der Waals surface area contributed by atoms with Crippen LogP contribution in [0.4, 0.5) is 0 Å². The van der Waals surface area contributed by atoms with E-state index in [9.17, 15) is 0 Å². The Bertz CT molecular complexity index is 2800. The lowest BCUT2D eigenvalue weighted by atomic mass is 10.0. The molecule has 3 aromatic heterocycles. The average molecular weight is 641 g/mol. The maximum atomic E-state index is 6.58. The summed E-state index contributed by atoms with van der Waals surface area (Å²) >= 11 is 0. The van der Waals surface area contributed by atoms with Gasteiger partial charge in [-0.15, -0.1) is 0 Å². The number of rotatable bonds is 5. The van der Waals surface area contributed by atoms with Crippen molar-refractivity contribution >= 4 is 43.7 Å². The van der Waals surface area contributed by atoms with Gasteiger partial charge in [0.1, 0.15) is 11.2 Å². The van der Waals surface area contributed by atoms with E-state index in [-0.39, 0.29) is 0 Å². The third-order valence-electron chi connectivity index (χ3n) is 9.46. The van der Waals surface area contributed by atoms with Gasteiger partial charge in [0, 0.05) is 32.8 Å². The van der Waals surface area contributed by atoms with Crippen LogP contribution in [-0.2, 0) is 0 Å². The van der Waals surface area contributed by atoms with Crippen molar-refractivity contribution in [1.29, 1.82) is 0 Å². The van der Waals surface area contributed by atoms with E-state index in [1.165, 1.54) is 0 Å². The van der Waals surface area contributed by atoms with Gasteiger partial charge in [-0.2, -0.15) is 0 Å². The number of aromatic nitrogens is 4. The minimum atomic E-state index is 0.615. The number of fused-ring (bicyclic) bond motifs is 6. The van der Waals surface area contributed by atoms with Gasteiger partial charge >= 0.3 is 0 Å². The first kappa shape index (κ1) is 28.2. The molecule has 0 spiro atoms. The molecule has 3 heterocycles. The molecule has 5 nitrogen and oxygen atoms in total. The standard InChI is InChI=1S/C45H28N4O/c1-4-14-29(15-5-1)32-26-27-35-40(28-32)50-39-25-13-24-38(41(35)39)49-37-23-11-10-20-33(37)34-21-12-22-36(42(34)49)45-47-43(30-16-6-2-7-17-30)46-44(48-45)31-18-8-3-9-19-31/h1-28H. The largest absolute Gasteiger partial charge is 0.456 e. The van der Waals surface area contributed by atoms with E-state index in [4.69, 9.17) is 19.4 Å². The number of para-hydroxylation sites is 2. The van der Waals surface area contributed by atoms with Gasteiger partial charge in [0.15, 0.2) is 17.5 Å². The Morgan fingerprint density at radius 1 is 0.400 bits per heavy atom. The summed E-state index contributed by atoms with van der Waals surface area (Å²) in [6.07, 6.45) is 0. The molecule has 0 unspecified atom stereocenters. The summed E-state index contributed by atoms with van der Waals surface area (Å²) in [5.74, 6) is 1.88. The summed E-state index contributed by atoms with van der Waals surface area (Å²) in [6.45, 7) is 0. The minimum Gasteiger partial charge on any atom is -0.456 e. The van der Waals surface area contributed by atoms with Crippen molar-refractivity contribution in [2.24, 2.45) is 0 Å². The highest BCUT2D eigenvalue weighted by Gasteiger charge is 2.22. The van der Waals surface area contributed by atoms with Crippen molar-refractivity contribution in [3.8, 4) is 51.0 Å². The summed E-state index contributed by atoms with van der Waals surface area (Å²) in [4.78, 5) is 15.2. The Morgan fingerprint density at radius 2 is 1.00 bits per heavy atom. The third kappa shape index (κ3) is 4.52. The lowest BCUT2D eigenvalue weighted by Gasteiger charge is -2.13. The molecule has 0 aliphatic carbocycles. The Kier molecular flexibility index (Phi) is 6.42. The molecule has 5 heteroatoms. The van der Waals surface area contributed by atoms with Gasteiger partial charge in [-0.25, -0.2) is 15.0 Å². The topological polar surface area (TPSA) is 56.7 Å². The first-order valence-corrected chi connectivity index (χ1v) is 16.7. The summed E-state index contributed by atoms with van der Waals surface area (Å²) in [5, 5.41) is 4.40.